The first-order chi connectivity index (χ1) is 15.9. The molecule has 2 amide bonds. The molecule has 4 rings (SSSR count). The maximum absolute atomic E-state index is 13.1. The van der Waals surface area contributed by atoms with Gasteiger partial charge in [-0.3, -0.25) is 9.59 Å². The highest BCUT2D eigenvalue weighted by atomic mass is 79.9. The molecule has 0 aliphatic carbocycles. The van der Waals surface area contributed by atoms with Crippen LogP contribution in [-0.4, -0.2) is 83.4 Å². The molecule has 0 saturated carbocycles. The van der Waals surface area contributed by atoms with Crippen LogP contribution in [0.1, 0.15) is 5.56 Å². The van der Waals surface area contributed by atoms with Crippen molar-refractivity contribution >= 4 is 57.1 Å². The quantitative estimate of drug-likeness (QED) is 0.266. The van der Waals surface area contributed by atoms with E-state index in [1.807, 2.05) is 0 Å². The van der Waals surface area contributed by atoms with E-state index in [9.17, 15) is 14.4 Å². The minimum absolute atomic E-state index is 0.0451. The number of hydrogen-bond acceptors (Lipinski definition) is 9. The fourth-order valence-corrected chi connectivity index (χ4v) is 6.89. The van der Waals surface area contributed by atoms with Crippen LogP contribution in [0.5, 0.6) is 5.75 Å². The normalized spacial score (nSPS) is 25.8. The van der Waals surface area contributed by atoms with Gasteiger partial charge in [0.25, 0.3) is 0 Å². The number of esters is 1. The Hall–Kier alpha value is -2.38. The maximum atomic E-state index is 13.1. The van der Waals surface area contributed by atoms with Gasteiger partial charge in [-0.25, -0.2) is 9.48 Å². The van der Waals surface area contributed by atoms with Crippen molar-refractivity contribution in [2.24, 2.45) is 0 Å². The van der Waals surface area contributed by atoms with E-state index in [0.29, 0.717) is 11.1 Å². The molecule has 3 heterocycles. The van der Waals surface area contributed by atoms with Crippen molar-refractivity contribution in [2.75, 3.05) is 18.3 Å². The van der Waals surface area contributed by atoms with E-state index < -0.39 is 34.1 Å². The molecule has 1 aromatic heterocycles. The Bertz CT molecular complexity index is 1020. The van der Waals surface area contributed by atoms with E-state index in [4.69, 9.17) is 21.1 Å². The van der Waals surface area contributed by atoms with Gasteiger partial charge >= 0.3 is 5.97 Å². The number of rotatable bonds is 9. The summed E-state index contributed by atoms with van der Waals surface area (Å²) in [6.07, 6.45) is 1.30. The molecule has 33 heavy (non-hydrogen) atoms. The number of carbonyl (C=O) groups is 3. The van der Waals surface area contributed by atoms with Gasteiger partial charge in [-0.1, -0.05) is 28.1 Å². The van der Waals surface area contributed by atoms with Crippen LogP contribution in [0.3, 0.4) is 0 Å². The second-order valence-electron chi connectivity index (χ2n) is 7.50. The number of benzene rings is 1. The molecule has 1 aromatic carbocycles. The summed E-state index contributed by atoms with van der Waals surface area (Å²) in [5.41, 5.74) is 0.782. The third-order valence-electron chi connectivity index (χ3n) is 5.44. The number of aromatic nitrogens is 4. The molecule has 4 atom stereocenters. The van der Waals surface area contributed by atoms with Crippen LogP contribution in [0.2, 0.25) is 0 Å². The predicted octanol–water partition coefficient (Wildman–Crippen LogP) is 0.566. The number of amides is 2. The van der Waals surface area contributed by atoms with Crippen LogP contribution in [0.15, 0.2) is 30.6 Å². The van der Waals surface area contributed by atoms with E-state index in [1.165, 1.54) is 27.7 Å². The molecule has 14 heteroatoms. The molecule has 2 saturated heterocycles. The van der Waals surface area contributed by atoms with Crippen molar-refractivity contribution in [2.45, 2.75) is 35.4 Å². The van der Waals surface area contributed by atoms with Crippen LogP contribution in [-0.2, 0) is 32.3 Å². The largest absolute Gasteiger partial charge is 0.497 e. The van der Waals surface area contributed by atoms with Gasteiger partial charge in [0.1, 0.15) is 42.7 Å². The van der Waals surface area contributed by atoms with Crippen LogP contribution < -0.4 is 10.1 Å². The first-order valence-electron chi connectivity index (χ1n) is 9.84. The van der Waals surface area contributed by atoms with E-state index in [0.717, 1.165) is 5.56 Å². The number of alkyl halides is 2. The summed E-state index contributed by atoms with van der Waals surface area (Å²) >= 11 is 11.1. The molecule has 1 N–H and O–H groups in total. The average molecular weight is 560 g/mol. The Balaban J connectivity index is 1.44. The standard InChI is InChI=1S/C19H20BrClN6O5S/c1-31-12-4-2-11(3-5-12)7-32-18(30)15-19(8-20,9-21)33-17-14(16(29)27(15)17)23-13(28)6-26-10-22-24-25-26/h2-5,10,14-15,17H,6-9H2,1H3,(H,23,28)/t14?,15-,17-,19+/m0/s1. The fraction of sp³-hybridized carbons (Fsp3) is 0.474. The molecule has 2 aliphatic heterocycles. The van der Waals surface area contributed by atoms with E-state index in [-0.39, 0.29) is 24.9 Å². The molecule has 2 aliphatic rings. The van der Waals surface area contributed by atoms with Gasteiger partial charge in [0.05, 0.1) is 11.9 Å². The minimum Gasteiger partial charge on any atom is -0.497 e. The van der Waals surface area contributed by atoms with Gasteiger partial charge < -0.3 is 19.7 Å². The Kier molecular flexibility index (Phi) is 7.10. The zero-order chi connectivity index (χ0) is 23.6. The Morgan fingerprint density at radius 1 is 1.33 bits per heavy atom. The first-order valence-corrected chi connectivity index (χ1v) is 12.4. The van der Waals surface area contributed by atoms with E-state index in [2.05, 4.69) is 36.8 Å². The Morgan fingerprint density at radius 3 is 2.70 bits per heavy atom. The van der Waals surface area contributed by atoms with Gasteiger partial charge in [-0.2, -0.15) is 0 Å². The summed E-state index contributed by atoms with van der Waals surface area (Å²) in [4.78, 5) is 39.8. The molecule has 2 aromatic rings. The smallest absolute Gasteiger partial charge is 0.330 e. The predicted molar refractivity (Wildman–Crippen MR) is 122 cm³/mol. The summed E-state index contributed by atoms with van der Waals surface area (Å²) < 4.78 is 11.1. The van der Waals surface area contributed by atoms with Crippen LogP contribution in [0.25, 0.3) is 0 Å². The number of nitrogens with one attached hydrogen (secondary N) is 1. The Labute approximate surface area is 206 Å². The molecule has 1 unspecified atom stereocenters. The van der Waals surface area contributed by atoms with Crippen LogP contribution in [0, 0.1) is 0 Å². The topological polar surface area (TPSA) is 129 Å². The number of nitrogens with zero attached hydrogens (tertiary/aromatic N) is 5. The van der Waals surface area contributed by atoms with E-state index >= 15 is 0 Å². The van der Waals surface area contributed by atoms with Crippen molar-refractivity contribution in [3.63, 3.8) is 0 Å². The molecule has 2 fully saturated rings. The molecule has 0 radical (unpaired) electrons. The van der Waals surface area contributed by atoms with Crippen molar-refractivity contribution in [1.29, 1.82) is 0 Å². The minimum atomic E-state index is -0.886. The molecule has 11 nitrogen and oxygen atoms in total. The molecule has 176 valence electrons. The molecule has 0 spiro atoms. The third kappa shape index (κ3) is 4.53. The lowest BCUT2D eigenvalue weighted by Crippen LogP contribution is -2.71. The van der Waals surface area contributed by atoms with Crippen molar-refractivity contribution in [3.05, 3.63) is 36.2 Å². The summed E-state index contributed by atoms with van der Waals surface area (Å²) in [7, 11) is 1.57. The lowest BCUT2D eigenvalue weighted by molar-refractivity contribution is -0.165. The van der Waals surface area contributed by atoms with Crippen molar-refractivity contribution < 1.29 is 23.9 Å². The lowest BCUT2D eigenvalue weighted by atomic mass is 9.95. The number of carbonyl (C=O) groups excluding carboxylic acids is 3. The molecular weight excluding hydrogens is 540 g/mol. The number of halogens is 2. The van der Waals surface area contributed by atoms with Gasteiger partial charge in [-0.05, 0) is 28.1 Å². The van der Waals surface area contributed by atoms with Crippen molar-refractivity contribution in [3.8, 4) is 5.75 Å². The lowest BCUT2D eigenvalue weighted by Gasteiger charge is -2.44. The molecule has 0 bridgehead atoms. The third-order valence-corrected chi connectivity index (χ3v) is 9.17. The van der Waals surface area contributed by atoms with Crippen LogP contribution >= 0.6 is 39.3 Å². The van der Waals surface area contributed by atoms with E-state index in [1.54, 1.807) is 31.4 Å². The molecular formula is C19H20BrClN6O5S. The second-order valence-corrected chi connectivity index (χ2v) is 9.86. The fourth-order valence-electron chi connectivity index (χ4n) is 3.72. The van der Waals surface area contributed by atoms with Gasteiger partial charge in [-0.15, -0.1) is 28.5 Å². The highest BCUT2D eigenvalue weighted by Gasteiger charge is 2.67. The number of hydrogen-bond donors (Lipinski definition) is 1. The number of methoxy groups -OCH3 is 1. The number of β-lactam (4-membered cyclic amide) rings is 1. The summed E-state index contributed by atoms with van der Waals surface area (Å²) in [5.74, 6) is -0.525. The second kappa shape index (κ2) is 9.85. The first kappa shape index (κ1) is 23.8. The number of tetrazole rings is 1. The van der Waals surface area contributed by atoms with Gasteiger partial charge in [0.2, 0.25) is 11.8 Å². The summed E-state index contributed by atoms with van der Waals surface area (Å²) in [6.45, 7) is -0.0793. The zero-order valence-electron chi connectivity index (χ0n) is 17.4. The number of thioether (sulfide) groups is 1. The zero-order valence-corrected chi connectivity index (χ0v) is 20.5. The van der Waals surface area contributed by atoms with Crippen molar-refractivity contribution in [1.82, 2.24) is 30.4 Å². The monoisotopic (exact) mass is 558 g/mol. The summed E-state index contributed by atoms with van der Waals surface area (Å²) in [5, 5.41) is 13.2. The Morgan fingerprint density at radius 2 is 2.09 bits per heavy atom. The number of ether oxygens (including phenoxy) is 2. The SMILES string of the molecule is COc1ccc(COC(=O)[C@@H]2N3C(=O)C(NC(=O)Cn4cnnn4)[C@@H]3S[C@@]2(CCl)CBr)cc1. The number of fused-ring (bicyclic) bond motifs is 1. The highest BCUT2D eigenvalue weighted by molar-refractivity contribution is 9.09. The maximum Gasteiger partial charge on any atom is 0.330 e. The highest BCUT2D eigenvalue weighted by Crippen LogP contribution is 2.52. The average Bonchev–Trinajstić information content (AvgIpc) is 3.45. The van der Waals surface area contributed by atoms with Crippen LogP contribution in [0.4, 0.5) is 0 Å². The summed E-state index contributed by atoms with van der Waals surface area (Å²) in [6, 6.07) is 5.47. The van der Waals surface area contributed by atoms with Gasteiger partial charge in [0, 0.05) is 11.2 Å². The van der Waals surface area contributed by atoms with Gasteiger partial charge in [0.15, 0.2) is 0 Å².